The van der Waals surface area contributed by atoms with Crippen molar-refractivity contribution in [3.8, 4) is 0 Å². The van der Waals surface area contributed by atoms with E-state index in [2.05, 4.69) is 0 Å². The Morgan fingerprint density at radius 3 is 2.26 bits per heavy atom. The van der Waals surface area contributed by atoms with Gasteiger partial charge in [0.15, 0.2) is 0 Å². The Kier molecular flexibility index (Phi) is 6.40. The zero-order chi connectivity index (χ0) is 24.7. The Morgan fingerprint density at radius 2 is 1.65 bits per heavy atom. The highest BCUT2D eigenvalue weighted by Gasteiger charge is 2.34. The maximum Gasteiger partial charge on any atom is 0.416 e. The van der Waals surface area contributed by atoms with Gasteiger partial charge >= 0.3 is 18.3 Å². The van der Waals surface area contributed by atoms with Gasteiger partial charge in [-0.15, -0.1) is 0 Å². The van der Waals surface area contributed by atoms with Crippen molar-refractivity contribution < 1.29 is 35.9 Å². The monoisotopic (exact) mass is 483 g/mol. The fraction of sp³-hybridized carbons (Fsp3) is 0.400. The Labute approximate surface area is 192 Å². The van der Waals surface area contributed by atoms with E-state index < -0.39 is 29.6 Å². The van der Waals surface area contributed by atoms with Gasteiger partial charge in [0, 0.05) is 23.9 Å². The molecule has 1 unspecified atom stereocenters. The molecule has 0 amide bonds. The van der Waals surface area contributed by atoms with Crippen molar-refractivity contribution in [2.45, 2.75) is 64.0 Å². The van der Waals surface area contributed by atoms with Crippen molar-refractivity contribution in [3.63, 3.8) is 0 Å². The average Bonchev–Trinajstić information content (AvgIpc) is 3.07. The lowest BCUT2D eigenvalue weighted by Crippen LogP contribution is -2.20. The van der Waals surface area contributed by atoms with E-state index in [1.807, 2.05) is 6.92 Å². The van der Waals surface area contributed by atoms with Crippen LogP contribution in [0.3, 0.4) is 0 Å². The van der Waals surface area contributed by atoms with E-state index in [0.717, 1.165) is 24.3 Å². The molecule has 9 heteroatoms. The molecular formula is C25H23F6NO2. The molecule has 0 bridgehead atoms. The van der Waals surface area contributed by atoms with Crippen molar-refractivity contribution in [1.82, 2.24) is 4.57 Å². The lowest BCUT2D eigenvalue weighted by Gasteiger charge is -2.26. The smallest absolute Gasteiger partial charge is 0.416 e. The SMILES string of the molecule is CCCC(=O)OC1CCCc2c1n(Cc1ccc(C(F)(F)F)cc1)c1ccc(C(F)(F)F)cc21. The Hall–Kier alpha value is -2.97. The fourth-order valence-corrected chi connectivity index (χ4v) is 4.54. The summed E-state index contributed by atoms with van der Waals surface area (Å²) in [6.45, 7) is 1.98. The normalized spacial score (nSPS) is 16.5. The lowest BCUT2D eigenvalue weighted by atomic mass is 9.92. The number of hydrogen-bond donors (Lipinski definition) is 0. The van der Waals surface area contributed by atoms with Gasteiger partial charge < -0.3 is 9.30 Å². The molecule has 3 aromatic rings. The summed E-state index contributed by atoms with van der Waals surface area (Å²) in [5, 5.41) is 0.424. The van der Waals surface area contributed by atoms with E-state index in [1.54, 1.807) is 4.57 Å². The predicted octanol–water partition coefficient (Wildman–Crippen LogP) is 7.45. The van der Waals surface area contributed by atoms with Crippen LogP contribution in [0.2, 0.25) is 0 Å². The van der Waals surface area contributed by atoms with Crippen molar-refractivity contribution in [2.24, 2.45) is 0 Å². The largest absolute Gasteiger partial charge is 0.456 e. The number of aryl methyl sites for hydroxylation is 1. The molecule has 182 valence electrons. The molecule has 1 aliphatic rings. The standard InChI is InChI=1S/C25H23F6NO2/c1-2-4-22(33)34-21-6-3-5-18-19-13-17(25(29,30)31)11-12-20(19)32(23(18)21)14-15-7-9-16(10-8-15)24(26,27)28/h7-13,21H,2-6,14H2,1H3. The summed E-state index contributed by atoms with van der Waals surface area (Å²) in [5.74, 6) is -0.386. The van der Waals surface area contributed by atoms with Crippen LogP contribution in [0, 0.1) is 0 Å². The first-order valence-corrected chi connectivity index (χ1v) is 11.1. The molecule has 0 fully saturated rings. The number of carbonyl (C=O) groups is 1. The number of hydrogen-bond acceptors (Lipinski definition) is 2. The third-order valence-corrected chi connectivity index (χ3v) is 6.09. The van der Waals surface area contributed by atoms with Crippen LogP contribution in [0.25, 0.3) is 10.9 Å². The number of fused-ring (bicyclic) bond motifs is 3. The summed E-state index contributed by atoms with van der Waals surface area (Å²) in [4.78, 5) is 12.2. The highest BCUT2D eigenvalue weighted by molar-refractivity contribution is 5.87. The Bertz CT molecular complexity index is 1190. The van der Waals surface area contributed by atoms with Crippen LogP contribution in [-0.4, -0.2) is 10.5 Å². The first-order valence-electron chi connectivity index (χ1n) is 11.1. The molecular weight excluding hydrogens is 460 g/mol. The molecule has 34 heavy (non-hydrogen) atoms. The molecule has 4 rings (SSSR count). The van der Waals surface area contributed by atoms with Crippen LogP contribution >= 0.6 is 0 Å². The number of ether oxygens (including phenoxy) is 1. The second-order valence-electron chi connectivity index (χ2n) is 8.50. The third-order valence-electron chi connectivity index (χ3n) is 6.09. The van der Waals surface area contributed by atoms with Gasteiger partial charge in [0.25, 0.3) is 0 Å². The van der Waals surface area contributed by atoms with Gasteiger partial charge in [-0.1, -0.05) is 19.1 Å². The summed E-state index contributed by atoms with van der Waals surface area (Å²) < 4.78 is 86.5. The first-order chi connectivity index (χ1) is 16.0. The number of rotatable bonds is 5. The molecule has 0 aliphatic heterocycles. The fourth-order valence-electron chi connectivity index (χ4n) is 4.54. The van der Waals surface area contributed by atoms with Crippen molar-refractivity contribution in [2.75, 3.05) is 0 Å². The van der Waals surface area contributed by atoms with Crippen LogP contribution in [-0.2, 0) is 34.8 Å². The van der Waals surface area contributed by atoms with Crippen LogP contribution in [0.1, 0.15) is 66.7 Å². The second-order valence-corrected chi connectivity index (χ2v) is 8.50. The number of alkyl halides is 6. The summed E-state index contributed by atoms with van der Waals surface area (Å²) in [7, 11) is 0. The minimum Gasteiger partial charge on any atom is -0.456 e. The molecule has 3 nitrogen and oxygen atoms in total. The molecule has 1 aliphatic carbocycles. The maximum absolute atomic E-state index is 13.4. The second kappa shape index (κ2) is 9.00. The quantitative estimate of drug-likeness (QED) is 0.279. The Morgan fingerprint density at radius 1 is 1.00 bits per heavy atom. The Balaban J connectivity index is 1.82. The van der Waals surface area contributed by atoms with Crippen molar-refractivity contribution in [1.29, 1.82) is 0 Å². The number of esters is 1. The lowest BCUT2D eigenvalue weighted by molar-refractivity contribution is -0.150. The molecule has 1 aromatic heterocycles. The van der Waals surface area contributed by atoms with Gasteiger partial charge in [-0.3, -0.25) is 4.79 Å². The third kappa shape index (κ3) is 4.79. The van der Waals surface area contributed by atoms with E-state index in [-0.39, 0.29) is 18.9 Å². The number of halogens is 6. The van der Waals surface area contributed by atoms with Gasteiger partial charge in [0.05, 0.1) is 16.8 Å². The van der Waals surface area contributed by atoms with Crippen molar-refractivity contribution >= 4 is 16.9 Å². The molecule has 0 saturated heterocycles. The summed E-state index contributed by atoms with van der Waals surface area (Å²) in [5.41, 5.74) is 0.822. The summed E-state index contributed by atoms with van der Waals surface area (Å²) >= 11 is 0. The molecule has 0 saturated carbocycles. The minimum absolute atomic E-state index is 0.136. The van der Waals surface area contributed by atoms with Gasteiger partial charge in [0.1, 0.15) is 6.10 Å². The van der Waals surface area contributed by atoms with Crippen LogP contribution in [0.4, 0.5) is 26.3 Å². The predicted molar refractivity (Wildman–Crippen MR) is 114 cm³/mol. The summed E-state index contributed by atoms with van der Waals surface area (Å²) in [6.07, 6.45) is -7.09. The molecule has 1 atom stereocenters. The van der Waals surface area contributed by atoms with Crippen LogP contribution in [0.15, 0.2) is 42.5 Å². The molecule has 2 aromatic carbocycles. The van der Waals surface area contributed by atoms with Gasteiger partial charge in [-0.2, -0.15) is 26.3 Å². The maximum atomic E-state index is 13.4. The molecule has 1 heterocycles. The van der Waals surface area contributed by atoms with E-state index >= 15 is 0 Å². The topological polar surface area (TPSA) is 31.2 Å². The van der Waals surface area contributed by atoms with E-state index in [4.69, 9.17) is 4.74 Å². The van der Waals surface area contributed by atoms with Gasteiger partial charge in [-0.25, -0.2) is 0 Å². The van der Waals surface area contributed by atoms with Crippen LogP contribution in [0.5, 0.6) is 0 Å². The summed E-state index contributed by atoms with van der Waals surface area (Å²) in [6, 6.07) is 8.15. The zero-order valence-corrected chi connectivity index (χ0v) is 18.4. The highest BCUT2D eigenvalue weighted by atomic mass is 19.4. The number of carbonyl (C=O) groups excluding carboxylic acids is 1. The first kappa shape index (κ1) is 24.2. The molecule has 0 spiro atoms. The number of aromatic nitrogens is 1. The van der Waals surface area contributed by atoms with Gasteiger partial charge in [-0.05, 0) is 67.1 Å². The zero-order valence-electron chi connectivity index (χ0n) is 18.4. The van der Waals surface area contributed by atoms with E-state index in [1.165, 1.54) is 18.2 Å². The molecule has 0 N–H and O–H groups in total. The minimum atomic E-state index is -4.52. The number of nitrogens with zero attached hydrogens (tertiary/aromatic N) is 1. The molecule has 0 radical (unpaired) electrons. The van der Waals surface area contributed by atoms with Crippen LogP contribution < -0.4 is 0 Å². The number of benzene rings is 2. The van der Waals surface area contributed by atoms with Crippen molar-refractivity contribution in [3.05, 3.63) is 70.4 Å². The average molecular weight is 483 g/mol. The van der Waals surface area contributed by atoms with E-state index in [9.17, 15) is 31.1 Å². The van der Waals surface area contributed by atoms with Gasteiger partial charge in [0.2, 0.25) is 0 Å². The highest BCUT2D eigenvalue weighted by Crippen LogP contribution is 2.42. The van der Waals surface area contributed by atoms with E-state index in [0.29, 0.717) is 53.4 Å².